The lowest BCUT2D eigenvalue weighted by Gasteiger charge is -2.35. The summed E-state index contributed by atoms with van der Waals surface area (Å²) in [5, 5.41) is 0. The van der Waals surface area contributed by atoms with Gasteiger partial charge < -0.3 is 4.74 Å². The normalized spacial score (nSPS) is 33.0. The van der Waals surface area contributed by atoms with E-state index in [1.807, 2.05) is 0 Å². The highest BCUT2D eigenvalue weighted by atomic mass is 16.5. The molecule has 0 saturated carbocycles. The highest BCUT2D eigenvalue weighted by Crippen LogP contribution is 2.28. The molecule has 1 fully saturated rings. The zero-order valence-corrected chi connectivity index (χ0v) is 12.8. The monoisotopic (exact) mass is 230 g/mol. The summed E-state index contributed by atoms with van der Waals surface area (Å²) in [6, 6.07) is 0. The van der Waals surface area contributed by atoms with Crippen LogP contribution in [-0.4, -0.2) is 12.2 Å². The molecule has 1 heteroatoms. The van der Waals surface area contributed by atoms with Gasteiger partial charge in [0.1, 0.15) is 0 Å². The fourth-order valence-corrected chi connectivity index (χ4v) is 1.58. The van der Waals surface area contributed by atoms with Gasteiger partial charge in [-0.15, -0.1) is 0 Å². The van der Waals surface area contributed by atoms with Crippen LogP contribution in [-0.2, 0) is 4.74 Å². The number of hydrogen-bond acceptors (Lipinski definition) is 1. The van der Waals surface area contributed by atoms with Gasteiger partial charge in [-0.2, -0.15) is 0 Å². The van der Waals surface area contributed by atoms with Crippen LogP contribution in [0.1, 0.15) is 74.7 Å². The van der Waals surface area contributed by atoms with Crippen LogP contribution in [0.4, 0.5) is 0 Å². The summed E-state index contributed by atoms with van der Waals surface area (Å²) >= 11 is 0. The molecule has 0 aliphatic carbocycles. The smallest absolute Gasteiger partial charge is 0.0576 e. The van der Waals surface area contributed by atoms with Crippen molar-refractivity contribution in [3.63, 3.8) is 0 Å². The van der Waals surface area contributed by atoms with Crippen LogP contribution >= 0.6 is 0 Å². The molecular weight excluding hydrogens is 196 g/mol. The summed E-state index contributed by atoms with van der Waals surface area (Å²) in [6.07, 6.45) is 4.75. The summed E-state index contributed by atoms with van der Waals surface area (Å²) in [7, 11) is 0. The third-order valence-corrected chi connectivity index (χ3v) is 2.78. The minimum Gasteiger partial charge on any atom is -0.375 e. The first-order valence-electron chi connectivity index (χ1n) is 7.09. The SMILES string of the molecule is CCC.CCC.C[C@@H]1C[C@H](C)[C@H](C)O[C@@H]1C. The lowest BCUT2D eigenvalue weighted by Crippen LogP contribution is -2.35. The third kappa shape index (κ3) is 9.21. The Labute approximate surface area is 104 Å². The van der Waals surface area contributed by atoms with Crippen molar-refractivity contribution in [2.75, 3.05) is 0 Å². The number of rotatable bonds is 0. The molecule has 4 atom stereocenters. The first-order valence-corrected chi connectivity index (χ1v) is 7.09. The number of ether oxygens (including phenoxy) is 1. The van der Waals surface area contributed by atoms with Crippen LogP contribution in [0, 0.1) is 11.8 Å². The Balaban J connectivity index is 0. The van der Waals surface area contributed by atoms with Gasteiger partial charge in [-0.1, -0.05) is 54.4 Å². The van der Waals surface area contributed by atoms with Crippen molar-refractivity contribution in [3.8, 4) is 0 Å². The van der Waals surface area contributed by atoms with E-state index in [0.29, 0.717) is 12.2 Å². The molecule has 1 heterocycles. The summed E-state index contributed by atoms with van der Waals surface area (Å²) in [5.41, 5.74) is 0. The zero-order valence-electron chi connectivity index (χ0n) is 12.8. The molecule has 16 heavy (non-hydrogen) atoms. The molecule has 0 aromatic heterocycles. The third-order valence-electron chi connectivity index (χ3n) is 2.78. The van der Waals surface area contributed by atoms with E-state index in [1.54, 1.807) is 0 Å². The maximum absolute atomic E-state index is 5.71. The van der Waals surface area contributed by atoms with E-state index in [9.17, 15) is 0 Å². The predicted octanol–water partition coefficient (Wildman–Crippen LogP) is 5.29. The molecule has 0 aromatic rings. The first kappa shape index (κ1) is 18.3. The van der Waals surface area contributed by atoms with Gasteiger partial charge in [0.2, 0.25) is 0 Å². The maximum atomic E-state index is 5.71. The van der Waals surface area contributed by atoms with E-state index in [2.05, 4.69) is 55.4 Å². The van der Waals surface area contributed by atoms with Gasteiger partial charge in [-0.3, -0.25) is 0 Å². The van der Waals surface area contributed by atoms with Gasteiger partial charge in [-0.05, 0) is 32.1 Å². The van der Waals surface area contributed by atoms with Crippen molar-refractivity contribution in [1.82, 2.24) is 0 Å². The molecular formula is C15H34O. The van der Waals surface area contributed by atoms with Crippen LogP contribution in [0.3, 0.4) is 0 Å². The Morgan fingerprint density at radius 2 is 1.00 bits per heavy atom. The molecule has 0 N–H and O–H groups in total. The quantitative estimate of drug-likeness (QED) is 0.549. The van der Waals surface area contributed by atoms with Crippen molar-refractivity contribution < 1.29 is 4.74 Å². The minimum atomic E-state index is 0.464. The molecule has 1 saturated heterocycles. The Hall–Kier alpha value is -0.0400. The molecule has 1 nitrogen and oxygen atoms in total. The highest BCUT2D eigenvalue weighted by Gasteiger charge is 2.27. The topological polar surface area (TPSA) is 9.23 Å². The zero-order chi connectivity index (χ0) is 13.1. The molecule has 0 spiro atoms. The Morgan fingerprint density at radius 1 is 0.750 bits per heavy atom. The molecule has 1 aliphatic rings. The molecule has 0 unspecified atom stereocenters. The van der Waals surface area contributed by atoms with E-state index in [4.69, 9.17) is 4.74 Å². The molecule has 0 amide bonds. The van der Waals surface area contributed by atoms with Gasteiger partial charge in [0, 0.05) is 0 Å². The van der Waals surface area contributed by atoms with E-state index in [0.717, 1.165) is 11.8 Å². The molecule has 100 valence electrons. The molecule has 0 aromatic carbocycles. The standard InChI is InChI=1S/C9H18O.2C3H8/c1-6-5-7(2)9(4)10-8(6)3;2*1-3-2/h6-9H,5H2,1-4H3;2*3H2,1-2H3/t6-,7+,8-,9+;;. The van der Waals surface area contributed by atoms with Crippen molar-refractivity contribution >= 4 is 0 Å². The van der Waals surface area contributed by atoms with Crippen molar-refractivity contribution in [2.24, 2.45) is 11.8 Å². The Kier molecular flexibility index (Phi) is 13.1. The van der Waals surface area contributed by atoms with Crippen molar-refractivity contribution in [1.29, 1.82) is 0 Å². The average molecular weight is 230 g/mol. The van der Waals surface area contributed by atoms with Crippen LogP contribution in [0.2, 0.25) is 0 Å². The highest BCUT2D eigenvalue weighted by molar-refractivity contribution is 4.75. The summed E-state index contributed by atoms with van der Waals surface area (Å²) in [6.45, 7) is 17.4. The second kappa shape index (κ2) is 11.4. The van der Waals surface area contributed by atoms with Crippen LogP contribution in [0.25, 0.3) is 0 Å². The second-order valence-corrected chi connectivity index (χ2v) is 5.15. The lowest BCUT2D eigenvalue weighted by molar-refractivity contribution is -0.0885. The van der Waals surface area contributed by atoms with Crippen LogP contribution < -0.4 is 0 Å². The minimum absolute atomic E-state index is 0.464. The van der Waals surface area contributed by atoms with E-state index < -0.39 is 0 Å². The molecule has 1 rings (SSSR count). The Bertz CT molecular complexity index is 105. The van der Waals surface area contributed by atoms with Gasteiger partial charge >= 0.3 is 0 Å². The second-order valence-electron chi connectivity index (χ2n) is 5.15. The van der Waals surface area contributed by atoms with Crippen LogP contribution in [0.15, 0.2) is 0 Å². The van der Waals surface area contributed by atoms with Gasteiger partial charge in [0.05, 0.1) is 12.2 Å². The van der Waals surface area contributed by atoms with Gasteiger partial charge in [0.15, 0.2) is 0 Å². The number of hydrogen-bond donors (Lipinski definition) is 0. The molecule has 1 aliphatic heterocycles. The van der Waals surface area contributed by atoms with Crippen molar-refractivity contribution in [2.45, 2.75) is 86.9 Å². The fraction of sp³-hybridized carbons (Fsp3) is 1.00. The lowest BCUT2D eigenvalue weighted by atomic mass is 9.87. The first-order chi connectivity index (χ1) is 7.44. The van der Waals surface area contributed by atoms with E-state index in [-0.39, 0.29) is 0 Å². The van der Waals surface area contributed by atoms with E-state index in [1.165, 1.54) is 19.3 Å². The summed E-state index contributed by atoms with van der Waals surface area (Å²) in [4.78, 5) is 0. The summed E-state index contributed by atoms with van der Waals surface area (Å²) < 4.78 is 5.71. The summed E-state index contributed by atoms with van der Waals surface area (Å²) in [5.74, 6) is 1.48. The predicted molar refractivity (Wildman–Crippen MR) is 74.9 cm³/mol. The van der Waals surface area contributed by atoms with Crippen molar-refractivity contribution in [3.05, 3.63) is 0 Å². The Morgan fingerprint density at radius 3 is 1.19 bits per heavy atom. The van der Waals surface area contributed by atoms with Gasteiger partial charge in [0.25, 0.3) is 0 Å². The fourth-order valence-electron chi connectivity index (χ4n) is 1.58. The maximum Gasteiger partial charge on any atom is 0.0576 e. The average Bonchev–Trinajstić information content (AvgIpc) is 2.17. The molecule has 0 bridgehead atoms. The van der Waals surface area contributed by atoms with Gasteiger partial charge in [-0.25, -0.2) is 0 Å². The molecule has 0 radical (unpaired) electrons. The van der Waals surface area contributed by atoms with Crippen LogP contribution in [0.5, 0.6) is 0 Å². The largest absolute Gasteiger partial charge is 0.375 e. The van der Waals surface area contributed by atoms with E-state index >= 15 is 0 Å².